The fourth-order valence-corrected chi connectivity index (χ4v) is 4.19. The Balaban J connectivity index is 1.58. The molecule has 1 aromatic carbocycles. The molecule has 0 bridgehead atoms. The summed E-state index contributed by atoms with van der Waals surface area (Å²) in [6.07, 6.45) is 3.33. The van der Waals surface area contributed by atoms with E-state index in [2.05, 4.69) is 26.7 Å². The normalized spacial score (nSPS) is 12.3. The van der Waals surface area contributed by atoms with Crippen LogP contribution in [-0.2, 0) is 11.3 Å². The molecular formula is C23H26N6O2S. The first-order valence-electron chi connectivity index (χ1n) is 10.5. The largest absolute Gasteiger partial charge is 0.467 e. The van der Waals surface area contributed by atoms with E-state index in [1.807, 2.05) is 62.6 Å². The van der Waals surface area contributed by atoms with Crippen LogP contribution in [0.15, 0.2) is 64.5 Å². The summed E-state index contributed by atoms with van der Waals surface area (Å²) in [6, 6.07) is 13.8. The Hall–Kier alpha value is -3.33. The van der Waals surface area contributed by atoms with Crippen LogP contribution >= 0.6 is 11.8 Å². The summed E-state index contributed by atoms with van der Waals surface area (Å²) < 4.78 is 9.33. The lowest BCUT2D eigenvalue weighted by Gasteiger charge is -2.15. The van der Waals surface area contributed by atoms with Crippen molar-refractivity contribution in [3.8, 4) is 11.4 Å². The number of rotatable bonds is 8. The molecule has 0 unspecified atom stereocenters. The van der Waals surface area contributed by atoms with E-state index >= 15 is 0 Å². The number of furan rings is 1. The third-order valence-electron chi connectivity index (χ3n) is 4.95. The molecule has 1 atom stereocenters. The molecule has 0 fully saturated rings. The molecule has 0 radical (unpaired) electrons. The van der Waals surface area contributed by atoms with Crippen LogP contribution in [0.25, 0.3) is 11.4 Å². The Bertz CT molecular complexity index is 1200. The maximum absolute atomic E-state index is 12.9. The second-order valence-electron chi connectivity index (χ2n) is 7.85. The number of nitrogens with one attached hydrogen (secondary N) is 1. The standard InChI is InChI=1S/C23H26N6O2S/c1-15(2)29-20(10-11-24-29)25-22(30)17(4)32-23-27-26-21(18-8-5-7-16(3)13-18)28(23)14-19-9-6-12-31-19/h5-13,15,17H,14H2,1-4H3,(H,25,30)/t17-/m0/s1. The van der Waals surface area contributed by atoms with Crippen LogP contribution in [0.3, 0.4) is 0 Å². The van der Waals surface area contributed by atoms with Crippen molar-refractivity contribution in [1.29, 1.82) is 0 Å². The molecule has 0 saturated carbocycles. The molecular weight excluding hydrogens is 424 g/mol. The minimum absolute atomic E-state index is 0.123. The number of carbonyl (C=O) groups is 1. The quantitative estimate of drug-likeness (QED) is 0.388. The van der Waals surface area contributed by atoms with Crippen LogP contribution in [0.1, 0.15) is 38.1 Å². The fourth-order valence-electron chi connectivity index (χ4n) is 3.34. The van der Waals surface area contributed by atoms with Gasteiger partial charge in [-0.05, 0) is 45.9 Å². The Morgan fingerprint density at radius 1 is 1.16 bits per heavy atom. The number of amides is 1. The van der Waals surface area contributed by atoms with E-state index in [1.165, 1.54) is 11.8 Å². The van der Waals surface area contributed by atoms with Crippen LogP contribution in [0.2, 0.25) is 0 Å². The predicted octanol–water partition coefficient (Wildman–Crippen LogP) is 4.79. The van der Waals surface area contributed by atoms with E-state index in [0.29, 0.717) is 17.5 Å². The van der Waals surface area contributed by atoms with Gasteiger partial charge in [0.2, 0.25) is 5.91 Å². The van der Waals surface area contributed by atoms with Crippen molar-refractivity contribution in [2.24, 2.45) is 0 Å². The molecule has 3 heterocycles. The van der Waals surface area contributed by atoms with Gasteiger partial charge in [-0.3, -0.25) is 9.36 Å². The van der Waals surface area contributed by atoms with Gasteiger partial charge in [0.15, 0.2) is 11.0 Å². The average molecular weight is 451 g/mol. The second-order valence-corrected chi connectivity index (χ2v) is 9.15. The monoisotopic (exact) mass is 450 g/mol. The lowest BCUT2D eigenvalue weighted by molar-refractivity contribution is -0.115. The summed E-state index contributed by atoms with van der Waals surface area (Å²) in [5.41, 5.74) is 2.10. The van der Waals surface area contributed by atoms with E-state index in [-0.39, 0.29) is 11.9 Å². The number of hydrogen-bond acceptors (Lipinski definition) is 6. The molecule has 0 aliphatic heterocycles. The van der Waals surface area contributed by atoms with E-state index < -0.39 is 5.25 Å². The van der Waals surface area contributed by atoms with Gasteiger partial charge in [-0.2, -0.15) is 5.10 Å². The Kier molecular flexibility index (Phi) is 6.45. The maximum atomic E-state index is 12.9. The van der Waals surface area contributed by atoms with Gasteiger partial charge in [-0.25, -0.2) is 4.68 Å². The molecule has 0 aliphatic rings. The van der Waals surface area contributed by atoms with Crippen molar-refractivity contribution < 1.29 is 9.21 Å². The Morgan fingerprint density at radius 3 is 2.72 bits per heavy atom. The van der Waals surface area contributed by atoms with Crippen molar-refractivity contribution >= 4 is 23.5 Å². The van der Waals surface area contributed by atoms with Crippen LogP contribution < -0.4 is 5.32 Å². The lowest BCUT2D eigenvalue weighted by Crippen LogP contribution is -2.25. The Labute approximate surface area is 191 Å². The molecule has 4 aromatic rings. The van der Waals surface area contributed by atoms with Crippen molar-refractivity contribution in [3.05, 3.63) is 66.2 Å². The smallest absolute Gasteiger partial charge is 0.238 e. The van der Waals surface area contributed by atoms with Crippen molar-refractivity contribution in [3.63, 3.8) is 0 Å². The molecule has 8 nitrogen and oxygen atoms in total. The van der Waals surface area contributed by atoms with Gasteiger partial charge in [-0.15, -0.1) is 10.2 Å². The topological polar surface area (TPSA) is 90.8 Å². The first-order valence-corrected chi connectivity index (χ1v) is 11.3. The van der Waals surface area contributed by atoms with Crippen LogP contribution in [0, 0.1) is 6.92 Å². The van der Waals surface area contributed by atoms with Crippen LogP contribution in [0.5, 0.6) is 0 Å². The van der Waals surface area contributed by atoms with Crippen molar-refractivity contribution in [1.82, 2.24) is 24.5 Å². The summed E-state index contributed by atoms with van der Waals surface area (Å²) in [5, 5.41) is 16.3. The van der Waals surface area contributed by atoms with Gasteiger partial charge in [0.05, 0.1) is 24.3 Å². The molecule has 32 heavy (non-hydrogen) atoms. The van der Waals surface area contributed by atoms with Crippen molar-refractivity contribution in [2.75, 3.05) is 5.32 Å². The number of benzene rings is 1. The summed E-state index contributed by atoms with van der Waals surface area (Å²) in [5.74, 6) is 2.08. The van der Waals surface area contributed by atoms with Gasteiger partial charge < -0.3 is 9.73 Å². The molecule has 0 aliphatic carbocycles. The summed E-state index contributed by atoms with van der Waals surface area (Å²) in [7, 11) is 0. The van der Waals surface area contributed by atoms with Crippen LogP contribution in [0.4, 0.5) is 5.82 Å². The zero-order chi connectivity index (χ0) is 22.7. The number of aryl methyl sites for hydroxylation is 1. The molecule has 3 aromatic heterocycles. The van der Waals surface area contributed by atoms with E-state index in [0.717, 1.165) is 22.7 Å². The highest BCUT2D eigenvalue weighted by Gasteiger charge is 2.22. The highest BCUT2D eigenvalue weighted by molar-refractivity contribution is 8.00. The molecule has 166 valence electrons. The summed E-state index contributed by atoms with van der Waals surface area (Å²) in [6.45, 7) is 8.41. The van der Waals surface area contributed by atoms with Gasteiger partial charge in [0.25, 0.3) is 0 Å². The number of hydrogen-bond donors (Lipinski definition) is 1. The minimum atomic E-state index is -0.393. The van der Waals surface area contributed by atoms with E-state index in [9.17, 15) is 4.79 Å². The van der Waals surface area contributed by atoms with Gasteiger partial charge in [0.1, 0.15) is 11.6 Å². The highest BCUT2D eigenvalue weighted by Crippen LogP contribution is 2.29. The first kappa shape index (κ1) is 21.9. The fraction of sp³-hybridized carbons (Fsp3) is 0.304. The summed E-state index contributed by atoms with van der Waals surface area (Å²) >= 11 is 1.36. The summed E-state index contributed by atoms with van der Waals surface area (Å²) in [4.78, 5) is 12.9. The minimum Gasteiger partial charge on any atom is -0.467 e. The molecule has 0 saturated heterocycles. The molecule has 0 spiro atoms. The number of aromatic nitrogens is 5. The first-order chi connectivity index (χ1) is 15.4. The highest BCUT2D eigenvalue weighted by atomic mass is 32.2. The molecule has 9 heteroatoms. The van der Waals surface area contributed by atoms with E-state index in [1.54, 1.807) is 23.2 Å². The van der Waals surface area contributed by atoms with E-state index in [4.69, 9.17) is 4.42 Å². The number of nitrogens with zero attached hydrogens (tertiary/aromatic N) is 5. The van der Waals surface area contributed by atoms with Crippen molar-refractivity contribution in [2.45, 2.75) is 50.7 Å². The third-order valence-corrected chi connectivity index (χ3v) is 6.03. The molecule has 1 amide bonds. The predicted molar refractivity (Wildman–Crippen MR) is 125 cm³/mol. The number of thioether (sulfide) groups is 1. The van der Waals surface area contributed by atoms with Crippen LogP contribution in [-0.4, -0.2) is 35.7 Å². The van der Waals surface area contributed by atoms with Gasteiger partial charge >= 0.3 is 0 Å². The maximum Gasteiger partial charge on any atom is 0.238 e. The zero-order valence-corrected chi connectivity index (χ0v) is 19.3. The number of carbonyl (C=O) groups excluding carboxylic acids is 1. The van der Waals surface area contributed by atoms with Gasteiger partial charge in [-0.1, -0.05) is 35.5 Å². The second kappa shape index (κ2) is 9.44. The molecule has 4 rings (SSSR count). The zero-order valence-electron chi connectivity index (χ0n) is 18.5. The third kappa shape index (κ3) is 4.77. The van der Waals surface area contributed by atoms with Gasteiger partial charge in [0, 0.05) is 17.7 Å². The SMILES string of the molecule is Cc1cccc(-c2nnc(S[C@@H](C)C(=O)Nc3ccnn3C(C)C)n2Cc2ccco2)c1. The lowest BCUT2D eigenvalue weighted by atomic mass is 10.1. The number of anilines is 1. The Morgan fingerprint density at radius 2 is 2.00 bits per heavy atom. The average Bonchev–Trinajstić information content (AvgIpc) is 3.50. The molecule has 1 N–H and O–H groups in total.